The molecule has 8 heteroatoms. The standard InChI is InChI=1S/C21H23Cl3N2O2S/c1-3-25-21(28)14(2)26(11-17-18(23)5-4-6-19(17)24)20(27)13-29-12-15-7-9-16(22)10-8-15/h4-10,14H,3,11-13H2,1-2H3,(H,25,28). The van der Waals surface area contributed by atoms with Crippen LogP contribution >= 0.6 is 46.6 Å². The molecule has 4 nitrogen and oxygen atoms in total. The van der Waals surface area contributed by atoms with Crippen LogP contribution in [-0.2, 0) is 21.9 Å². The van der Waals surface area contributed by atoms with E-state index >= 15 is 0 Å². The highest BCUT2D eigenvalue weighted by Gasteiger charge is 2.27. The molecule has 0 fully saturated rings. The average molecular weight is 474 g/mol. The number of rotatable bonds is 9. The molecule has 1 unspecified atom stereocenters. The largest absolute Gasteiger partial charge is 0.355 e. The van der Waals surface area contributed by atoms with Crippen molar-refractivity contribution >= 4 is 58.4 Å². The molecule has 2 amide bonds. The van der Waals surface area contributed by atoms with Gasteiger partial charge in [0, 0.05) is 39.5 Å². The molecule has 156 valence electrons. The van der Waals surface area contributed by atoms with E-state index in [1.54, 1.807) is 25.1 Å². The van der Waals surface area contributed by atoms with E-state index < -0.39 is 6.04 Å². The van der Waals surface area contributed by atoms with Crippen molar-refractivity contribution in [3.05, 3.63) is 68.7 Å². The number of carbonyl (C=O) groups is 2. The van der Waals surface area contributed by atoms with Gasteiger partial charge < -0.3 is 10.2 Å². The van der Waals surface area contributed by atoms with Crippen molar-refractivity contribution in [2.24, 2.45) is 0 Å². The molecule has 2 aromatic rings. The number of nitrogens with zero attached hydrogens (tertiary/aromatic N) is 1. The summed E-state index contributed by atoms with van der Waals surface area (Å²) in [6, 6.07) is 12.0. The molecule has 1 atom stereocenters. The van der Waals surface area contributed by atoms with Gasteiger partial charge in [0.15, 0.2) is 0 Å². The molecule has 0 saturated heterocycles. The second kappa shape index (κ2) is 11.7. The van der Waals surface area contributed by atoms with Crippen molar-refractivity contribution < 1.29 is 9.59 Å². The molecule has 1 N–H and O–H groups in total. The summed E-state index contributed by atoms with van der Waals surface area (Å²) in [4.78, 5) is 26.9. The SMILES string of the molecule is CCNC(=O)C(C)N(Cc1c(Cl)cccc1Cl)C(=O)CSCc1ccc(Cl)cc1. The monoisotopic (exact) mass is 472 g/mol. The van der Waals surface area contributed by atoms with Gasteiger partial charge >= 0.3 is 0 Å². The Morgan fingerprint density at radius 2 is 1.69 bits per heavy atom. The third kappa shape index (κ3) is 7.10. The van der Waals surface area contributed by atoms with E-state index in [9.17, 15) is 9.59 Å². The Bertz CT molecular complexity index is 826. The number of halogens is 3. The summed E-state index contributed by atoms with van der Waals surface area (Å²) in [6.07, 6.45) is 0. The topological polar surface area (TPSA) is 49.4 Å². The smallest absolute Gasteiger partial charge is 0.242 e. The predicted octanol–water partition coefficient (Wildman–Crippen LogP) is 5.43. The third-order valence-electron chi connectivity index (χ3n) is 4.32. The minimum atomic E-state index is -0.647. The van der Waals surface area contributed by atoms with Crippen LogP contribution in [0.4, 0.5) is 0 Å². The summed E-state index contributed by atoms with van der Waals surface area (Å²) < 4.78 is 0. The van der Waals surface area contributed by atoms with E-state index in [0.717, 1.165) is 5.56 Å². The highest BCUT2D eigenvalue weighted by Crippen LogP contribution is 2.27. The zero-order chi connectivity index (χ0) is 21.4. The Labute approximate surface area is 190 Å². The number of likely N-dealkylation sites (N-methyl/N-ethyl adjacent to an activating group) is 1. The average Bonchev–Trinajstić information content (AvgIpc) is 2.69. The Morgan fingerprint density at radius 1 is 1.07 bits per heavy atom. The van der Waals surface area contributed by atoms with Gasteiger partial charge in [0.1, 0.15) is 6.04 Å². The number of hydrogen-bond donors (Lipinski definition) is 1. The fourth-order valence-corrected chi connectivity index (χ4v) is 4.19. The summed E-state index contributed by atoms with van der Waals surface area (Å²) in [5, 5.41) is 4.37. The predicted molar refractivity (Wildman–Crippen MR) is 123 cm³/mol. The molecule has 0 bridgehead atoms. The van der Waals surface area contributed by atoms with Crippen molar-refractivity contribution in [1.29, 1.82) is 0 Å². The van der Waals surface area contributed by atoms with Crippen LogP contribution in [0.3, 0.4) is 0 Å². The van der Waals surface area contributed by atoms with Gasteiger partial charge in [0.05, 0.1) is 5.75 Å². The zero-order valence-corrected chi connectivity index (χ0v) is 19.3. The van der Waals surface area contributed by atoms with Crippen molar-refractivity contribution in [2.75, 3.05) is 12.3 Å². The lowest BCUT2D eigenvalue weighted by Crippen LogP contribution is -2.48. The quantitative estimate of drug-likeness (QED) is 0.528. The minimum Gasteiger partial charge on any atom is -0.355 e. The number of thioether (sulfide) groups is 1. The molecule has 0 aromatic heterocycles. The van der Waals surface area contributed by atoms with Gasteiger partial charge in [0.2, 0.25) is 11.8 Å². The molecule has 0 radical (unpaired) electrons. The second-order valence-electron chi connectivity index (χ2n) is 6.41. The van der Waals surface area contributed by atoms with Gasteiger partial charge in [-0.25, -0.2) is 0 Å². The van der Waals surface area contributed by atoms with E-state index in [2.05, 4.69) is 5.32 Å². The molecule has 2 rings (SSSR count). The van der Waals surface area contributed by atoms with E-state index in [-0.39, 0.29) is 24.1 Å². The van der Waals surface area contributed by atoms with Crippen LogP contribution in [0.5, 0.6) is 0 Å². The minimum absolute atomic E-state index is 0.154. The lowest BCUT2D eigenvalue weighted by molar-refractivity contribution is -0.138. The van der Waals surface area contributed by atoms with Gasteiger partial charge in [-0.3, -0.25) is 9.59 Å². The van der Waals surface area contributed by atoms with Gasteiger partial charge in [-0.1, -0.05) is 53.0 Å². The maximum atomic E-state index is 13.0. The van der Waals surface area contributed by atoms with Gasteiger partial charge in [-0.2, -0.15) is 0 Å². The van der Waals surface area contributed by atoms with E-state index in [1.165, 1.54) is 16.7 Å². The lowest BCUT2D eigenvalue weighted by Gasteiger charge is -2.29. The summed E-state index contributed by atoms with van der Waals surface area (Å²) >= 11 is 19.9. The summed E-state index contributed by atoms with van der Waals surface area (Å²) in [7, 11) is 0. The summed E-state index contributed by atoms with van der Waals surface area (Å²) in [5.41, 5.74) is 1.70. The summed E-state index contributed by atoms with van der Waals surface area (Å²) in [5.74, 6) is 0.526. The van der Waals surface area contributed by atoms with Crippen LogP contribution in [0.15, 0.2) is 42.5 Å². The molecule has 0 heterocycles. The van der Waals surface area contributed by atoms with Gasteiger partial charge in [-0.15, -0.1) is 11.8 Å². The molecule has 0 saturated carbocycles. The highest BCUT2D eigenvalue weighted by molar-refractivity contribution is 7.99. The first-order chi connectivity index (χ1) is 13.8. The van der Waals surface area contributed by atoms with Gasteiger partial charge in [0.25, 0.3) is 0 Å². The van der Waals surface area contributed by atoms with Crippen molar-refractivity contribution in [1.82, 2.24) is 10.2 Å². The van der Waals surface area contributed by atoms with Crippen LogP contribution in [0.25, 0.3) is 0 Å². The summed E-state index contributed by atoms with van der Waals surface area (Å²) in [6.45, 7) is 4.20. The molecule has 0 aliphatic carbocycles. The Balaban J connectivity index is 2.11. The number of benzene rings is 2. The molecule has 2 aromatic carbocycles. The van der Waals surface area contributed by atoms with E-state index in [1.807, 2.05) is 31.2 Å². The maximum Gasteiger partial charge on any atom is 0.242 e. The highest BCUT2D eigenvalue weighted by atomic mass is 35.5. The van der Waals surface area contributed by atoms with Crippen LogP contribution < -0.4 is 5.32 Å². The van der Waals surface area contributed by atoms with Crippen molar-refractivity contribution in [3.63, 3.8) is 0 Å². The van der Waals surface area contributed by atoms with Crippen LogP contribution in [0.1, 0.15) is 25.0 Å². The maximum absolute atomic E-state index is 13.0. The molecule has 0 aliphatic heterocycles. The third-order valence-corrected chi connectivity index (χ3v) is 6.26. The van der Waals surface area contributed by atoms with Gasteiger partial charge in [-0.05, 0) is 43.7 Å². The molecule has 0 spiro atoms. The second-order valence-corrected chi connectivity index (χ2v) is 8.65. The number of carbonyl (C=O) groups excluding carboxylic acids is 2. The number of hydrogen-bond acceptors (Lipinski definition) is 3. The Kier molecular flexibility index (Phi) is 9.63. The first-order valence-electron chi connectivity index (χ1n) is 9.15. The molecule has 0 aliphatic rings. The van der Waals surface area contributed by atoms with Crippen LogP contribution in [0.2, 0.25) is 15.1 Å². The molecular formula is C21H23Cl3N2O2S. The zero-order valence-electron chi connectivity index (χ0n) is 16.3. The number of nitrogens with one attached hydrogen (secondary N) is 1. The Hall–Kier alpha value is -1.40. The fourth-order valence-electron chi connectivity index (χ4n) is 2.68. The van der Waals surface area contributed by atoms with E-state index in [0.29, 0.717) is 32.9 Å². The fraction of sp³-hybridized carbons (Fsp3) is 0.333. The van der Waals surface area contributed by atoms with Crippen LogP contribution in [0, 0.1) is 0 Å². The first kappa shape index (κ1) is 23.9. The lowest BCUT2D eigenvalue weighted by atomic mass is 10.1. The normalized spacial score (nSPS) is 11.8. The van der Waals surface area contributed by atoms with E-state index in [4.69, 9.17) is 34.8 Å². The molecule has 29 heavy (non-hydrogen) atoms. The molecular weight excluding hydrogens is 451 g/mol. The first-order valence-corrected chi connectivity index (χ1v) is 11.4. The number of amides is 2. The van der Waals surface area contributed by atoms with Crippen molar-refractivity contribution in [3.8, 4) is 0 Å². The van der Waals surface area contributed by atoms with Crippen LogP contribution in [-0.4, -0.2) is 35.1 Å². The Morgan fingerprint density at radius 3 is 2.28 bits per heavy atom. The van der Waals surface area contributed by atoms with Crippen molar-refractivity contribution in [2.45, 2.75) is 32.2 Å².